The van der Waals surface area contributed by atoms with E-state index in [-0.39, 0.29) is 27.3 Å². The van der Waals surface area contributed by atoms with Gasteiger partial charge in [-0.15, -0.1) is 0 Å². The average Bonchev–Trinajstić information content (AvgIpc) is 2.53. The normalized spacial score (nSPS) is 12.0. The second-order valence-electron chi connectivity index (χ2n) is 6.61. The predicted molar refractivity (Wildman–Crippen MR) is 102 cm³/mol. The van der Waals surface area contributed by atoms with Gasteiger partial charge in [-0.25, -0.2) is 18.1 Å². The van der Waals surface area contributed by atoms with Gasteiger partial charge in [0.05, 0.1) is 9.92 Å². The molecule has 6 nitrogen and oxygen atoms in total. The summed E-state index contributed by atoms with van der Waals surface area (Å²) in [5.41, 5.74) is -0.212. The molecule has 0 saturated carbocycles. The summed E-state index contributed by atoms with van der Waals surface area (Å²) in [4.78, 5) is 16.3. The molecule has 0 spiro atoms. The van der Waals surface area contributed by atoms with E-state index in [1.165, 1.54) is 18.2 Å². The summed E-state index contributed by atoms with van der Waals surface area (Å²) in [7, 11) is -3.74. The van der Waals surface area contributed by atoms with Crippen molar-refractivity contribution in [1.29, 1.82) is 0 Å². The van der Waals surface area contributed by atoms with Gasteiger partial charge in [0, 0.05) is 12.1 Å². The molecule has 1 heterocycles. The Morgan fingerprint density at radius 3 is 2.42 bits per heavy atom. The summed E-state index contributed by atoms with van der Waals surface area (Å²) in [5.74, 6) is -0.548. The first-order chi connectivity index (χ1) is 12.0. The highest BCUT2D eigenvalue weighted by Gasteiger charge is 2.24. The van der Waals surface area contributed by atoms with E-state index in [1.54, 1.807) is 39.0 Å². The quantitative estimate of drug-likeness (QED) is 0.732. The van der Waals surface area contributed by atoms with Gasteiger partial charge in [-0.2, -0.15) is 0 Å². The fourth-order valence-electron chi connectivity index (χ4n) is 2.21. The van der Waals surface area contributed by atoms with Crippen LogP contribution < -0.4 is 10.0 Å². The van der Waals surface area contributed by atoms with Crippen LogP contribution in [0.4, 0.5) is 0 Å². The number of benzene rings is 1. The largest absolute Gasteiger partial charge is 0.347 e. The van der Waals surface area contributed by atoms with Gasteiger partial charge >= 0.3 is 0 Å². The highest BCUT2D eigenvalue weighted by Crippen LogP contribution is 2.19. The maximum Gasteiger partial charge on any atom is 0.271 e. The van der Waals surface area contributed by atoms with Crippen molar-refractivity contribution < 1.29 is 13.2 Å². The van der Waals surface area contributed by atoms with Crippen LogP contribution in [-0.4, -0.2) is 24.8 Å². The zero-order valence-corrected chi connectivity index (χ0v) is 16.8. The van der Waals surface area contributed by atoms with Crippen molar-refractivity contribution in [1.82, 2.24) is 15.0 Å². The molecule has 0 bridgehead atoms. The van der Waals surface area contributed by atoms with Crippen LogP contribution in [0.15, 0.2) is 41.3 Å². The standard InChI is InChI=1S/C17H19Cl2N3O3S/c1-17(2,3)22-26(24,25)13-7-5-4-6-11(13)10-20-16(23)15-12(18)8-9-14(19)21-15/h4-9,22H,10H2,1-3H3,(H,20,23). The Bertz CT molecular complexity index is 925. The summed E-state index contributed by atoms with van der Waals surface area (Å²) in [6, 6.07) is 9.38. The number of nitrogens with one attached hydrogen (secondary N) is 2. The van der Waals surface area contributed by atoms with Crippen LogP contribution in [0, 0.1) is 0 Å². The summed E-state index contributed by atoms with van der Waals surface area (Å²) >= 11 is 11.7. The van der Waals surface area contributed by atoms with Crippen molar-refractivity contribution in [3.8, 4) is 0 Å². The summed E-state index contributed by atoms with van der Waals surface area (Å²) in [5, 5.41) is 2.91. The van der Waals surface area contributed by atoms with Gasteiger partial charge in [-0.1, -0.05) is 41.4 Å². The number of rotatable bonds is 5. The van der Waals surface area contributed by atoms with Gasteiger partial charge in [0.2, 0.25) is 10.0 Å². The zero-order chi connectivity index (χ0) is 19.5. The lowest BCUT2D eigenvalue weighted by molar-refractivity contribution is 0.0945. The first kappa shape index (κ1) is 20.6. The minimum absolute atomic E-state index is 0.00934. The Kier molecular flexibility index (Phi) is 6.29. The molecule has 0 aliphatic heterocycles. The number of aromatic nitrogens is 1. The van der Waals surface area contributed by atoms with Crippen molar-refractivity contribution in [3.05, 3.63) is 57.8 Å². The summed E-state index contributed by atoms with van der Waals surface area (Å²) < 4.78 is 27.8. The van der Waals surface area contributed by atoms with E-state index in [0.717, 1.165) is 0 Å². The lowest BCUT2D eigenvalue weighted by atomic mass is 10.1. The molecule has 0 radical (unpaired) electrons. The van der Waals surface area contributed by atoms with Gasteiger partial charge in [0.15, 0.2) is 0 Å². The lowest BCUT2D eigenvalue weighted by Crippen LogP contribution is -2.41. The van der Waals surface area contributed by atoms with E-state index in [9.17, 15) is 13.2 Å². The van der Waals surface area contributed by atoms with Crippen LogP contribution in [0.5, 0.6) is 0 Å². The minimum Gasteiger partial charge on any atom is -0.347 e. The average molecular weight is 416 g/mol. The molecular formula is C17H19Cl2N3O3S. The van der Waals surface area contributed by atoms with Crippen molar-refractivity contribution >= 4 is 39.1 Å². The van der Waals surface area contributed by atoms with Gasteiger partial charge in [-0.05, 0) is 44.5 Å². The molecule has 9 heteroatoms. The van der Waals surface area contributed by atoms with E-state index in [0.29, 0.717) is 5.56 Å². The Morgan fingerprint density at radius 2 is 1.77 bits per heavy atom. The number of pyridine rings is 1. The number of carbonyl (C=O) groups excluding carboxylic acids is 1. The Labute approximate surface area is 163 Å². The molecule has 2 N–H and O–H groups in total. The number of halogens is 2. The second kappa shape index (κ2) is 7.92. The van der Waals surface area contributed by atoms with Crippen LogP contribution in [0.2, 0.25) is 10.2 Å². The number of carbonyl (C=O) groups is 1. The lowest BCUT2D eigenvalue weighted by Gasteiger charge is -2.21. The zero-order valence-electron chi connectivity index (χ0n) is 14.5. The maximum absolute atomic E-state index is 12.6. The van der Waals surface area contributed by atoms with Crippen LogP contribution >= 0.6 is 23.2 Å². The fourth-order valence-corrected chi connectivity index (χ4v) is 4.20. The van der Waals surface area contributed by atoms with E-state index < -0.39 is 21.5 Å². The number of hydrogen-bond acceptors (Lipinski definition) is 4. The second-order valence-corrected chi connectivity index (χ2v) is 9.06. The molecule has 1 aromatic carbocycles. The monoisotopic (exact) mass is 415 g/mol. The molecule has 0 aliphatic rings. The van der Waals surface area contributed by atoms with Crippen LogP contribution in [0.3, 0.4) is 0 Å². The topological polar surface area (TPSA) is 88.2 Å². The third-order valence-electron chi connectivity index (χ3n) is 3.17. The highest BCUT2D eigenvalue weighted by molar-refractivity contribution is 7.89. The summed E-state index contributed by atoms with van der Waals surface area (Å²) in [6.07, 6.45) is 0. The molecule has 140 valence electrons. The SMILES string of the molecule is CC(C)(C)NS(=O)(=O)c1ccccc1CNC(=O)c1nc(Cl)ccc1Cl. The van der Waals surface area contributed by atoms with Crippen molar-refractivity contribution in [2.45, 2.75) is 37.8 Å². The van der Waals surface area contributed by atoms with Crippen LogP contribution in [0.25, 0.3) is 0 Å². The molecule has 0 unspecified atom stereocenters. The third-order valence-corrected chi connectivity index (χ3v) is 5.54. The van der Waals surface area contributed by atoms with E-state index in [2.05, 4.69) is 15.0 Å². The van der Waals surface area contributed by atoms with E-state index in [4.69, 9.17) is 23.2 Å². The van der Waals surface area contributed by atoms with Crippen LogP contribution in [0.1, 0.15) is 36.8 Å². The van der Waals surface area contributed by atoms with Gasteiger partial charge in [0.25, 0.3) is 5.91 Å². The summed E-state index contributed by atoms with van der Waals surface area (Å²) in [6.45, 7) is 5.25. The number of hydrogen-bond donors (Lipinski definition) is 2. The van der Waals surface area contributed by atoms with Crippen molar-refractivity contribution in [3.63, 3.8) is 0 Å². The fraction of sp³-hybridized carbons (Fsp3) is 0.294. The Balaban J connectivity index is 2.24. The molecule has 0 atom stereocenters. The van der Waals surface area contributed by atoms with Gasteiger partial charge < -0.3 is 5.32 Å². The minimum atomic E-state index is -3.74. The van der Waals surface area contributed by atoms with E-state index >= 15 is 0 Å². The molecule has 0 fully saturated rings. The molecule has 0 aliphatic carbocycles. The Hall–Kier alpha value is -1.67. The molecule has 26 heavy (non-hydrogen) atoms. The Morgan fingerprint density at radius 1 is 1.12 bits per heavy atom. The van der Waals surface area contributed by atoms with Crippen LogP contribution in [-0.2, 0) is 16.6 Å². The molecule has 2 rings (SSSR count). The third kappa shape index (κ3) is 5.41. The molecule has 2 aromatic rings. The first-order valence-corrected chi connectivity index (χ1v) is 9.96. The number of nitrogens with zero attached hydrogens (tertiary/aromatic N) is 1. The van der Waals surface area contributed by atoms with Gasteiger partial charge in [0.1, 0.15) is 10.8 Å². The maximum atomic E-state index is 12.6. The molecular weight excluding hydrogens is 397 g/mol. The van der Waals surface area contributed by atoms with Crippen molar-refractivity contribution in [2.75, 3.05) is 0 Å². The highest BCUT2D eigenvalue weighted by atomic mass is 35.5. The number of amides is 1. The smallest absolute Gasteiger partial charge is 0.271 e. The first-order valence-electron chi connectivity index (χ1n) is 7.72. The number of sulfonamides is 1. The molecule has 1 amide bonds. The van der Waals surface area contributed by atoms with Crippen molar-refractivity contribution in [2.24, 2.45) is 0 Å². The van der Waals surface area contributed by atoms with Gasteiger partial charge in [-0.3, -0.25) is 4.79 Å². The predicted octanol–water partition coefficient (Wildman–Crippen LogP) is 3.40. The molecule has 1 aromatic heterocycles. The molecule has 0 saturated heterocycles. The van der Waals surface area contributed by atoms with E-state index in [1.807, 2.05) is 0 Å².